The fourth-order valence-corrected chi connectivity index (χ4v) is 3.20. The Labute approximate surface area is 129 Å². The highest BCUT2D eigenvalue weighted by Gasteiger charge is 2.21. The second-order valence-corrected chi connectivity index (χ2v) is 7.01. The summed E-state index contributed by atoms with van der Waals surface area (Å²) in [4.78, 5) is 2.62. The van der Waals surface area contributed by atoms with Crippen molar-refractivity contribution in [2.75, 3.05) is 32.7 Å². The van der Waals surface area contributed by atoms with Gasteiger partial charge in [-0.1, -0.05) is 13.8 Å². The number of likely N-dealkylation sites (tertiary alicyclic amines) is 1. The fourth-order valence-electron chi connectivity index (χ4n) is 3.20. The molecule has 1 aliphatic heterocycles. The second kappa shape index (κ2) is 7.95. The van der Waals surface area contributed by atoms with Gasteiger partial charge in [0.25, 0.3) is 0 Å². The van der Waals surface area contributed by atoms with E-state index in [1.165, 1.54) is 44.7 Å². The van der Waals surface area contributed by atoms with Gasteiger partial charge in [-0.2, -0.15) is 5.10 Å². The third kappa shape index (κ3) is 5.44. The number of hydrogen-bond donors (Lipinski definition) is 1. The average molecular weight is 292 g/mol. The largest absolute Gasteiger partial charge is 0.316 e. The van der Waals surface area contributed by atoms with Crippen LogP contribution in [0.2, 0.25) is 0 Å². The first kappa shape index (κ1) is 16.5. The molecule has 0 spiro atoms. The molecule has 120 valence electrons. The van der Waals surface area contributed by atoms with E-state index in [0.29, 0.717) is 0 Å². The van der Waals surface area contributed by atoms with Crippen molar-refractivity contribution < 1.29 is 0 Å². The molecule has 1 atom stereocenters. The minimum absolute atomic E-state index is 0.753. The minimum Gasteiger partial charge on any atom is -0.316 e. The van der Waals surface area contributed by atoms with E-state index in [1.807, 2.05) is 0 Å². The van der Waals surface area contributed by atoms with E-state index in [9.17, 15) is 0 Å². The van der Waals surface area contributed by atoms with Crippen molar-refractivity contribution in [3.63, 3.8) is 0 Å². The molecule has 1 unspecified atom stereocenters. The van der Waals surface area contributed by atoms with E-state index in [-0.39, 0.29) is 0 Å². The lowest BCUT2D eigenvalue weighted by molar-refractivity contribution is 0.306. The predicted octanol–water partition coefficient (Wildman–Crippen LogP) is 2.46. The van der Waals surface area contributed by atoms with E-state index in [4.69, 9.17) is 0 Å². The van der Waals surface area contributed by atoms with Gasteiger partial charge in [-0.15, -0.1) is 0 Å². The van der Waals surface area contributed by atoms with Gasteiger partial charge in [-0.05, 0) is 70.8 Å². The summed E-state index contributed by atoms with van der Waals surface area (Å²) in [5, 5.41) is 8.13. The van der Waals surface area contributed by atoms with Gasteiger partial charge in [0.1, 0.15) is 0 Å². The molecular formula is C17H32N4. The van der Waals surface area contributed by atoms with Crippen molar-refractivity contribution in [1.82, 2.24) is 20.0 Å². The van der Waals surface area contributed by atoms with E-state index < -0.39 is 0 Å². The molecule has 1 fully saturated rings. The summed E-state index contributed by atoms with van der Waals surface area (Å²) >= 11 is 0. The SMILES string of the molecule is Cc1cc(C)n(CCCN2CCC(CNCC(C)C)C2)n1. The number of rotatable bonds is 8. The lowest BCUT2D eigenvalue weighted by Crippen LogP contribution is -2.29. The van der Waals surface area contributed by atoms with Gasteiger partial charge in [-0.3, -0.25) is 4.68 Å². The Morgan fingerprint density at radius 3 is 2.81 bits per heavy atom. The topological polar surface area (TPSA) is 33.1 Å². The van der Waals surface area contributed by atoms with Crippen molar-refractivity contribution in [3.05, 3.63) is 17.5 Å². The highest BCUT2D eigenvalue weighted by Crippen LogP contribution is 2.16. The molecule has 0 aliphatic carbocycles. The van der Waals surface area contributed by atoms with Gasteiger partial charge in [0, 0.05) is 18.8 Å². The zero-order valence-corrected chi connectivity index (χ0v) is 14.2. The summed E-state index contributed by atoms with van der Waals surface area (Å²) in [5.74, 6) is 1.60. The molecule has 0 radical (unpaired) electrons. The zero-order chi connectivity index (χ0) is 15.2. The predicted molar refractivity (Wildman–Crippen MR) is 88.6 cm³/mol. The Balaban J connectivity index is 1.61. The number of nitrogens with zero attached hydrogens (tertiary/aromatic N) is 3. The van der Waals surface area contributed by atoms with E-state index >= 15 is 0 Å². The number of aryl methyl sites for hydroxylation is 3. The number of hydrogen-bond acceptors (Lipinski definition) is 3. The molecule has 1 N–H and O–H groups in total. The van der Waals surface area contributed by atoms with Crippen molar-refractivity contribution in [2.45, 2.75) is 47.1 Å². The molecule has 0 saturated carbocycles. The molecule has 0 bridgehead atoms. The molecular weight excluding hydrogens is 260 g/mol. The Morgan fingerprint density at radius 1 is 1.33 bits per heavy atom. The van der Waals surface area contributed by atoms with Crippen LogP contribution in [-0.4, -0.2) is 47.4 Å². The summed E-state index contributed by atoms with van der Waals surface area (Å²) in [6.45, 7) is 15.9. The van der Waals surface area contributed by atoms with Gasteiger partial charge in [0.05, 0.1) is 5.69 Å². The summed E-state index contributed by atoms with van der Waals surface area (Å²) in [5.41, 5.74) is 2.41. The van der Waals surface area contributed by atoms with Gasteiger partial charge in [0.2, 0.25) is 0 Å². The molecule has 21 heavy (non-hydrogen) atoms. The molecule has 2 heterocycles. The average Bonchev–Trinajstić information content (AvgIpc) is 2.97. The van der Waals surface area contributed by atoms with Crippen molar-refractivity contribution in [3.8, 4) is 0 Å². The Morgan fingerprint density at radius 2 is 2.14 bits per heavy atom. The van der Waals surface area contributed by atoms with Crippen molar-refractivity contribution in [2.24, 2.45) is 11.8 Å². The summed E-state index contributed by atoms with van der Waals surface area (Å²) in [6.07, 6.45) is 2.55. The molecule has 1 aromatic heterocycles. The third-order valence-electron chi connectivity index (χ3n) is 4.30. The first-order valence-corrected chi connectivity index (χ1v) is 8.48. The van der Waals surface area contributed by atoms with Crippen LogP contribution in [0.25, 0.3) is 0 Å². The van der Waals surface area contributed by atoms with Crippen LogP contribution in [-0.2, 0) is 6.54 Å². The molecule has 1 aliphatic rings. The van der Waals surface area contributed by atoms with Crippen LogP contribution >= 0.6 is 0 Å². The van der Waals surface area contributed by atoms with Gasteiger partial charge < -0.3 is 10.2 Å². The fraction of sp³-hybridized carbons (Fsp3) is 0.824. The maximum absolute atomic E-state index is 4.53. The summed E-state index contributed by atoms with van der Waals surface area (Å²) in [6, 6.07) is 2.16. The maximum atomic E-state index is 4.53. The van der Waals surface area contributed by atoms with Crippen molar-refractivity contribution in [1.29, 1.82) is 0 Å². The monoisotopic (exact) mass is 292 g/mol. The molecule has 2 rings (SSSR count). The zero-order valence-electron chi connectivity index (χ0n) is 14.2. The maximum Gasteiger partial charge on any atom is 0.0596 e. The summed E-state index contributed by atoms with van der Waals surface area (Å²) in [7, 11) is 0. The van der Waals surface area contributed by atoms with E-state index in [2.05, 4.69) is 53.8 Å². The van der Waals surface area contributed by atoms with Gasteiger partial charge >= 0.3 is 0 Å². The van der Waals surface area contributed by atoms with Crippen LogP contribution in [0.1, 0.15) is 38.1 Å². The second-order valence-electron chi connectivity index (χ2n) is 7.01. The molecule has 4 nitrogen and oxygen atoms in total. The van der Waals surface area contributed by atoms with Gasteiger partial charge in [-0.25, -0.2) is 0 Å². The van der Waals surface area contributed by atoms with Crippen LogP contribution in [0.4, 0.5) is 0 Å². The van der Waals surface area contributed by atoms with Crippen LogP contribution in [0, 0.1) is 25.7 Å². The van der Waals surface area contributed by atoms with Crippen LogP contribution in [0.15, 0.2) is 6.07 Å². The summed E-state index contributed by atoms with van der Waals surface area (Å²) < 4.78 is 2.15. The Kier molecular flexibility index (Phi) is 6.24. The molecule has 0 amide bonds. The van der Waals surface area contributed by atoms with Crippen LogP contribution < -0.4 is 5.32 Å². The van der Waals surface area contributed by atoms with Gasteiger partial charge in [0.15, 0.2) is 0 Å². The van der Waals surface area contributed by atoms with Crippen LogP contribution in [0.5, 0.6) is 0 Å². The Bertz CT molecular complexity index is 424. The first-order valence-electron chi connectivity index (χ1n) is 8.48. The molecule has 1 saturated heterocycles. The molecule has 1 aromatic rings. The quantitative estimate of drug-likeness (QED) is 0.799. The van der Waals surface area contributed by atoms with Crippen LogP contribution in [0.3, 0.4) is 0 Å². The third-order valence-corrected chi connectivity index (χ3v) is 4.30. The Hall–Kier alpha value is -0.870. The minimum atomic E-state index is 0.753. The highest BCUT2D eigenvalue weighted by atomic mass is 15.3. The molecule has 4 heteroatoms. The number of aromatic nitrogens is 2. The normalized spacial score (nSPS) is 19.8. The first-order chi connectivity index (χ1) is 10.0. The standard InChI is InChI=1S/C17H32N4/c1-14(2)11-18-12-17-6-9-20(13-17)7-5-8-21-16(4)10-15(3)19-21/h10,14,17-18H,5-9,11-13H2,1-4H3. The lowest BCUT2D eigenvalue weighted by Gasteiger charge is -2.17. The highest BCUT2D eigenvalue weighted by molar-refractivity contribution is 5.06. The van der Waals surface area contributed by atoms with E-state index in [1.54, 1.807) is 0 Å². The smallest absolute Gasteiger partial charge is 0.0596 e. The van der Waals surface area contributed by atoms with E-state index in [0.717, 1.165) is 30.6 Å². The van der Waals surface area contributed by atoms with Crippen molar-refractivity contribution >= 4 is 0 Å². The number of nitrogens with one attached hydrogen (secondary N) is 1. The molecule has 0 aromatic carbocycles. The lowest BCUT2D eigenvalue weighted by atomic mass is 10.1.